The summed E-state index contributed by atoms with van der Waals surface area (Å²) < 4.78 is 39.7. The highest BCUT2D eigenvalue weighted by molar-refractivity contribution is 9.10. The molecule has 0 N–H and O–H groups in total. The second kappa shape index (κ2) is 6.26. The molecule has 0 bridgehead atoms. The number of halogens is 2. The van der Waals surface area contributed by atoms with Crippen molar-refractivity contribution in [2.24, 2.45) is 0 Å². The summed E-state index contributed by atoms with van der Waals surface area (Å²) in [4.78, 5) is 5.83. The summed E-state index contributed by atoms with van der Waals surface area (Å²) in [6, 6.07) is 0.363. The monoisotopic (exact) mass is 387 g/mol. The molecule has 1 aromatic heterocycles. The smallest absolute Gasteiger partial charge is 0.279 e. The average molecular weight is 388 g/mol. The zero-order valence-corrected chi connectivity index (χ0v) is 14.2. The largest absolute Gasteiger partial charge is 0.306 e. The van der Waals surface area contributed by atoms with Crippen LogP contribution in [0, 0.1) is 0 Å². The molecule has 0 spiro atoms. The lowest BCUT2D eigenvalue weighted by molar-refractivity contribution is 0.196. The number of hydrogen-bond donors (Lipinski definition) is 0. The first-order valence-electron chi connectivity index (χ1n) is 5.94. The van der Waals surface area contributed by atoms with Crippen LogP contribution >= 0.6 is 28.3 Å². The van der Waals surface area contributed by atoms with E-state index in [-0.39, 0.29) is 22.2 Å². The van der Waals surface area contributed by atoms with Gasteiger partial charge in [0.05, 0.1) is 0 Å². The van der Waals surface area contributed by atoms with E-state index >= 15 is 0 Å². The molecule has 0 saturated carbocycles. The Balaban J connectivity index is 2.19. The number of nitrogens with zero attached hydrogens (tertiary/aromatic N) is 5. The number of aromatic nitrogens is 3. The minimum absolute atomic E-state index is 0.0457. The lowest BCUT2D eigenvalue weighted by atomic mass is 10.1. The first kappa shape index (κ1) is 16.1. The van der Waals surface area contributed by atoms with E-state index in [1.165, 1.54) is 4.31 Å². The fourth-order valence-electron chi connectivity index (χ4n) is 2.18. The average Bonchev–Trinajstić information content (AvgIpc) is 2.81. The van der Waals surface area contributed by atoms with Crippen LogP contribution in [0.15, 0.2) is 9.89 Å². The van der Waals surface area contributed by atoms with Gasteiger partial charge in [0, 0.05) is 19.1 Å². The Morgan fingerprint density at radius 3 is 2.50 bits per heavy atom. The number of hydrogen-bond acceptors (Lipinski definition) is 6. The molecule has 1 aliphatic heterocycles. The predicted molar refractivity (Wildman–Crippen MR) is 77.3 cm³/mol. The van der Waals surface area contributed by atoms with Crippen molar-refractivity contribution in [1.82, 2.24) is 23.4 Å². The van der Waals surface area contributed by atoms with Crippen molar-refractivity contribution < 1.29 is 12.3 Å². The molecule has 0 amide bonds. The van der Waals surface area contributed by atoms with E-state index in [0.29, 0.717) is 23.2 Å². The van der Waals surface area contributed by atoms with Gasteiger partial charge in [-0.15, -0.1) is 13.1 Å². The molecule has 2 heterocycles. The lowest BCUT2D eigenvalue weighted by Crippen LogP contribution is -2.44. The van der Waals surface area contributed by atoms with E-state index in [0.717, 1.165) is 12.8 Å². The molecule has 1 saturated heterocycles. The Morgan fingerprint density at radius 1 is 1.40 bits per heavy atom. The van der Waals surface area contributed by atoms with Crippen LogP contribution in [0.5, 0.6) is 0 Å². The van der Waals surface area contributed by atoms with Gasteiger partial charge in [0.2, 0.25) is 4.73 Å². The van der Waals surface area contributed by atoms with Gasteiger partial charge in [-0.1, -0.05) is 0 Å². The van der Waals surface area contributed by atoms with Gasteiger partial charge in [0.1, 0.15) is 0 Å². The van der Waals surface area contributed by atoms with Crippen LogP contribution in [0.4, 0.5) is 3.89 Å². The molecule has 0 radical (unpaired) electrons. The first-order valence-corrected chi connectivity index (χ1v) is 8.85. The molecular formula is C9H15BrFN5O2S2. The van der Waals surface area contributed by atoms with Gasteiger partial charge in [-0.3, -0.25) is 0 Å². The summed E-state index contributed by atoms with van der Waals surface area (Å²) in [5, 5.41) is 3.24. The summed E-state index contributed by atoms with van der Waals surface area (Å²) in [5.74, 6) is 0. The molecule has 0 aliphatic carbocycles. The Hall–Kier alpha value is -0.230. The molecule has 0 atom stereocenters. The van der Waals surface area contributed by atoms with Crippen molar-refractivity contribution >= 4 is 38.3 Å². The van der Waals surface area contributed by atoms with E-state index in [9.17, 15) is 12.3 Å². The first-order chi connectivity index (χ1) is 9.36. The van der Waals surface area contributed by atoms with E-state index in [2.05, 4.69) is 30.9 Å². The van der Waals surface area contributed by atoms with Crippen LogP contribution in [0.25, 0.3) is 0 Å². The minimum Gasteiger partial charge on any atom is -0.306 e. The molecule has 11 heteroatoms. The molecule has 1 fully saturated rings. The van der Waals surface area contributed by atoms with Crippen molar-refractivity contribution in [2.75, 3.05) is 27.2 Å². The summed E-state index contributed by atoms with van der Waals surface area (Å²) >= 11 is 2.67. The van der Waals surface area contributed by atoms with Crippen LogP contribution in [-0.4, -0.2) is 65.0 Å². The maximum absolute atomic E-state index is 12.7. The van der Waals surface area contributed by atoms with E-state index in [1.807, 2.05) is 14.1 Å². The molecule has 1 aliphatic rings. The van der Waals surface area contributed by atoms with Crippen LogP contribution in [0.2, 0.25) is 0 Å². The summed E-state index contributed by atoms with van der Waals surface area (Å²) in [7, 11) is 0.129. The number of piperidine rings is 1. The third kappa shape index (κ3) is 3.16. The van der Waals surface area contributed by atoms with Crippen LogP contribution in [0.3, 0.4) is 0 Å². The van der Waals surface area contributed by atoms with Gasteiger partial charge in [-0.2, -0.15) is 9.29 Å². The Kier molecular flexibility index (Phi) is 5.05. The fraction of sp³-hybridized carbons (Fsp3) is 0.778. The van der Waals surface area contributed by atoms with Gasteiger partial charge < -0.3 is 4.90 Å². The predicted octanol–water partition coefficient (Wildman–Crippen LogP) is 1.14. The van der Waals surface area contributed by atoms with Crippen LogP contribution in [0.1, 0.15) is 12.8 Å². The quantitative estimate of drug-likeness (QED) is 0.771. The van der Waals surface area contributed by atoms with Gasteiger partial charge in [0.25, 0.3) is 15.2 Å². The van der Waals surface area contributed by atoms with E-state index < -0.39 is 10.0 Å². The molecular weight excluding hydrogens is 373 g/mol. The van der Waals surface area contributed by atoms with Gasteiger partial charge in [-0.25, -0.2) is 8.42 Å². The molecule has 2 rings (SSSR count). The topological polar surface area (TPSA) is 71.3 Å². The van der Waals surface area contributed by atoms with Crippen molar-refractivity contribution in [2.45, 2.75) is 24.0 Å². The van der Waals surface area contributed by atoms with Gasteiger partial charge >= 0.3 is 0 Å². The van der Waals surface area contributed by atoms with Gasteiger partial charge in [0.15, 0.2) is 12.3 Å². The highest BCUT2D eigenvalue weighted by Gasteiger charge is 2.34. The fourth-order valence-corrected chi connectivity index (χ4v) is 4.66. The van der Waals surface area contributed by atoms with Crippen molar-refractivity contribution in [3.05, 3.63) is 4.73 Å². The van der Waals surface area contributed by atoms with Crippen LogP contribution in [-0.2, 0) is 10.0 Å². The maximum atomic E-state index is 12.7. The number of sulfonamides is 1. The summed E-state index contributed by atoms with van der Waals surface area (Å²) in [5.41, 5.74) is 0. The van der Waals surface area contributed by atoms with Gasteiger partial charge in [-0.05, 0) is 42.9 Å². The lowest BCUT2D eigenvalue weighted by Gasteiger charge is -2.33. The molecule has 1 aromatic rings. The van der Waals surface area contributed by atoms with Crippen molar-refractivity contribution in [3.63, 3.8) is 0 Å². The Bertz CT molecular complexity index is 571. The number of rotatable bonds is 4. The molecule has 7 nitrogen and oxygen atoms in total. The second-order valence-electron chi connectivity index (χ2n) is 4.70. The third-order valence-corrected chi connectivity index (χ3v) is 5.92. The van der Waals surface area contributed by atoms with Crippen molar-refractivity contribution in [3.8, 4) is 0 Å². The molecule has 114 valence electrons. The highest BCUT2D eigenvalue weighted by atomic mass is 79.9. The SMILES string of the molecule is CN(C)C1CCN(S(=O)(=O)c2nc(Br)nn2SF)CC1. The Labute approximate surface area is 130 Å². The zero-order chi connectivity index (χ0) is 14.9. The summed E-state index contributed by atoms with van der Waals surface area (Å²) in [6.07, 6.45) is 1.48. The maximum Gasteiger partial charge on any atom is 0.279 e. The van der Waals surface area contributed by atoms with Crippen LogP contribution < -0.4 is 0 Å². The Morgan fingerprint density at radius 2 is 2.00 bits per heavy atom. The standard InChI is InChI=1S/C9H15BrFN5O2S2/c1-14(2)7-3-5-15(6-4-7)20(17,18)9-12-8(10)13-16(9)19-11/h7H,3-6H2,1-2H3. The molecule has 20 heavy (non-hydrogen) atoms. The minimum atomic E-state index is -3.82. The third-order valence-electron chi connectivity index (χ3n) is 3.31. The van der Waals surface area contributed by atoms with E-state index in [4.69, 9.17) is 0 Å². The molecule has 0 unspecified atom stereocenters. The second-order valence-corrected chi connectivity index (χ2v) is 7.73. The van der Waals surface area contributed by atoms with Crippen molar-refractivity contribution in [1.29, 1.82) is 0 Å². The highest BCUT2D eigenvalue weighted by Crippen LogP contribution is 2.24. The zero-order valence-electron chi connectivity index (χ0n) is 11.0. The van der Waals surface area contributed by atoms with E-state index in [1.54, 1.807) is 0 Å². The normalized spacial score (nSPS) is 18.9. The molecule has 0 aromatic carbocycles. The summed E-state index contributed by atoms with van der Waals surface area (Å²) in [6.45, 7) is 0.791.